The summed E-state index contributed by atoms with van der Waals surface area (Å²) in [7, 11) is 0. The normalized spacial score (nSPS) is 10.5. The summed E-state index contributed by atoms with van der Waals surface area (Å²) >= 11 is 0. The van der Waals surface area contributed by atoms with Crippen LogP contribution in [0.15, 0.2) is 75.8 Å². The predicted octanol–water partition coefficient (Wildman–Crippen LogP) is 5.36. The Balaban J connectivity index is 1.44. The molecule has 0 aliphatic rings. The Morgan fingerprint density at radius 2 is 1.70 bits per heavy atom. The number of benzene rings is 2. The van der Waals surface area contributed by atoms with E-state index in [-0.39, 0.29) is 0 Å². The van der Waals surface area contributed by atoms with E-state index in [9.17, 15) is 0 Å². The number of ether oxygens (including phenoxy) is 1. The number of aryl methyl sites for hydroxylation is 1. The van der Waals surface area contributed by atoms with Gasteiger partial charge in [-0.15, -0.1) is 0 Å². The van der Waals surface area contributed by atoms with E-state index in [4.69, 9.17) is 18.8 Å². The Morgan fingerprint density at radius 1 is 1.00 bits per heavy atom. The highest BCUT2D eigenvalue weighted by Crippen LogP contribution is 2.25. The van der Waals surface area contributed by atoms with Crippen molar-refractivity contribution in [1.29, 1.82) is 5.26 Å². The van der Waals surface area contributed by atoms with Crippen molar-refractivity contribution in [3.05, 3.63) is 83.9 Å². The van der Waals surface area contributed by atoms with Gasteiger partial charge in [-0.25, -0.2) is 4.98 Å². The van der Waals surface area contributed by atoms with Crippen LogP contribution in [-0.4, -0.2) is 4.98 Å². The number of hydrogen-bond donors (Lipinski definition) is 0. The second kappa shape index (κ2) is 7.22. The molecule has 0 spiro atoms. The zero-order valence-electron chi connectivity index (χ0n) is 14.7. The molecule has 0 bridgehead atoms. The Kier molecular flexibility index (Phi) is 4.46. The maximum absolute atomic E-state index is 8.88. The molecule has 0 N–H and O–H groups in total. The van der Waals surface area contributed by atoms with Crippen LogP contribution in [0.4, 0.5) is 0 Å². The molecule has 0 atom stereocenters. The Bertz CT molecular complexity index is 1070. The second-order valence-electron chi connectivity index (χ2n) is 6.00. The molecule has 5 heteroatoms. The standard InChI is InChI=1S/C22H16N2O3/c1-15-20(24-22(27-15)21-3-2-12-25-21)14-26-19-10-8-18(9-11-19)17-6-4-16(13-23)5-7-17/h2-12H,14H2,1H3. The molecule has 2 aromatic heterocycles. The van der Waals surface area contributed by atoms with Gasteiger partial charge in [0.25, 0.3) is 5.89 Å². The molecular formula is C22H16N2O3. The van der Waals surface area contributed by atoms with Crippen LogP contribution in [0.25, 0.3) is 22.8 Å². The SMILES string of the molecule is Cc1oc(-c2ccco2)nc1COc1ccc(-c2ccc(C#N)cc2)cc1. The monoisotopic (exact) mass is 356 g/mol. The lowest BCUT2D eigenvalue weighted by Crippen LogP contribution is -1.97. The highest BCUT2D eigenvalue weighted by atomic mass is 16.5. The predicted molar refractivity (Wildman–Crippen MR) is 99.9 cm³/mol. The van der Waals surface area contributed by atoms with Crippen molar-refractivity contribution >= 4 is 0 Å². The quantitative estimate of drug-likeness (QED) is 0.481. The molecule has 0 aliphatic heterocycles. The average Bonchev–Trinajstić information content (AvgIpc) is 3.37. The van der Waals surface area contributed by atoms with Gasteiger partial charge < -0.3 is 13.6 Å². The van der Waals surface area contributed by atoms with Crippen molar-refractivity contribution in [2.24, 2.45) is 0 Å². The van der Waals surface area contributed by atoms with Crippen molar-refractivity contribution in [2.45, 2.75) is 13.5 Å². The van der Waals surface area contributed by atoms with Gasteiger partial charge in [-0.3, -0.25) is 0 Å². The summed E-state index contributed by atoms with van der Waals surface area (Å²) in [6.45, 7) is 2.17. The first-order chi connectivity index (χ1) is 13.2. The van der Waals surface area contributed by atoms with Crippen LogP contribution < -0.4 is 4.74 Å². The van der Waals surface area contributed by atoms with Gasteiger partial charge in [0.15, 0.2) is 5.76 Å². The third-order valence-electron chi connectivity index (χ3n) is 4.20. The van der Waals surface area contributed by atoms with E-state index in [1.165, 1.54) is 0 Å². The first kappa shape index (κ1) is 16.7. The number of oxazole rings is 1. The first-order valence-corrected chi connectivity index (χ1v) is 8.46. The highest BCUT2D eigenvalue weighted by Gasteiger charge is 2.13. The fourth-order valence-electron chi connectivity index (χ4n) is 2.70. The summed E-state index contributed by atoms with van der Waals surface area (Å²) in [6.07, 6.45) is 1.58. The van der Waals surface area contributed by atoms with Crippen molar-refractivity contribution in [1.82, 2.24) is 4.98 Å². The van der Waals surface area contributed by atoms with Crippen molar-refractivity contribution in [3.8, 4) is 34.6 Å². The van der Waals surface area contributed by atoms with Crippen LogP contribution >= 0.6 is 0 Å². The summed E-state index contributed by atoms with van der Waals surface area (Å²) in [5.41, 5.74) is 3.49. The van der Waals surface area contributed by atoms with Gasteiger partial charge in [-0.1, -0.05) is 24.3 Å². The van der Waals surface area contributed by atoms with Gasteiger partial charge in [0.2, 0.25) is 0 Å². The number of nitriles is 1. The van der Waals surface area contributed by atoms with Gasteiger partial charge in [-0.2, -0.15) is 5.26 Å². The van der Waals surface area contributed by atoms with E-state index in [0.717, 1.165) is 22.6 Å². The third kappa shape index (κ3) is 3.60. The van der Waals surface area contributed by atoms with Crippen molar-refractivity contribution in [2.75, 3.05) is 0 Å². The molecule has 4 aromatic rings. The molecule has 132 valence electrons. The molecule has 0 radical (unpaired) electrons. The van der Waals surface area contributed by atoms with Crippen LogP contribution in [0.2, 0.25) is 0 Å². The van der Waals surface area contributed by atoms with E-state index in [1.54, 1.807) is 18.4 Å². The van der Waals surface area contributed by atoms with Crippen molar-refractivity contribution in [3.63, 3.8) is 0 Å². The van der Waals surface area contributed by atoms with E-state index in [0.29, 0.717) is 29.6 Å². The molecule has 0 fully saturated rings. The minimum atomic E-state index is 0.312. The fraction of sp³-hybridized carbons (Fsp3) is 0.0909. The maximum atomic E-state index is 8.88. The molecule has 5 nitrogen and oxygen atoms in total. The van der Waals surface area contributed by atoms with E-state index >= 15 is 0 Å². The van der Waals surface area contributed by atoms with Gasteiger partial charge in [0.05, 0.1) is 17.9 Å². The van der Waals surface area contributed by atoms with Crippen LogP contribution in [0.5, 0.6) is 5.75 Å². The fourth-order valence-corrected chi connectivity index (χ4v) is 2.70. The molecule has 0 unspecified atom stereocenters. The van der Waals surface area contributed by atoms with Gasteiger partial charge >= 0.3 is 0 Å². The maximum Gasteiger partial charge on any atom is 0.263 e. The molecule has 4 rings (SSSR count). The minimum absolute atomic E-state index is 0.312. The molecule has 0 saturated carbocycles. The molecular weight excluding hydrogens is 340 g/mol. The Morgan fingerprint density at radius 3 is 2.33 bits per heavy atom. The Labute approximate surface area is 156 Å². The number of nitrogens with zero attached hydrogens (tertiary/aromatic N) is 2. The van der Waals surface area contributed by atoms with E-state index in [1.807, 2.05) is 55.5 Å². The van der Waals surface area contributed by atoms with E-state index in [2.05, 4.69) is 11.1 Å². The Hall–Kier alpha value is -3.78. The summed E-state index contributed by atoms with van der Waals surface area (Å²) in [6, 6.07) is 21.0. The summed E-state index contributed by atoms with van der Waals surface area (Å²) in [5, 5.41) is 8.88. The molecule has 0 amide bonds. The number of aromatic nitrogens is 1. The zero-order valence-corrected chi connectivity index (χ0v) is 14.7. The van der Waals surface area contributed by atoms with Crippen LogP contribution in [0.1, 0.15) is 17.0 Å². The lowest BCUT2D eigenvalue weighted by atomic mass is 10.0. The lowest BCUT2D eigenvalue weighted by molar-refractivity contribution is 0.299. The number of rotatable bonds is 5. The summed E-state index contributed by atoms with van der Waals surface area (Å²) in [5.74, 6) is 2.49. The number of hydrogen-bond acceptors (Lipinski definition) is 5. The van der Waals surface area contributed by atoms with E-state index < -0.39 is 0 Å². The first-order valence-electron chi connectivity index (χ1n) is 8.46. The van der Waals surface area contributed by atoms with Crippen LogP contribution in [-0.2, 0) is 6.61 Å². The molecule has 27 heavy (non-hydrogen) atoms. The van der Waals surface area contributed by atoms with Gasteiger partial charge in [0, 0.05) is 0 Å². The van der Waals surface area contributed by atoms with Crippen LogP contribution in [0, 0.1) is 18.3 Å². The van der Waals surface area contributed by atoms with Gasteiger partial charge in [0.1, 0.15) is 23.8 Å². The van der Waals surface area contributed by atoms with Crippen molar-refractivity contribution < 1.29 is 13.6 Å². The highest BCUT2D eigenvalue weighted by molar-refractivity contribution is 5.65. The largest absolute Gasteiger partial charge is 0.487 e. The van der Waals surface area contributed by atoms with Gasteiger partial charge in [-0.05, 0) is 54.4 Å². The summed E-state index contributed by atoms with van der Waals surface area (Å²) < 4.78 is 16.8. The summed E-state index contributed by atoms with van der Waals surface area (Å²) in [4.78, 5) is 4.44. The second-order valence-corrected chi connectivity index (χ2v) is 6.00. The number of furan rings is 1. The molecule has 2 heterocycles. The smallest absolute Gasteiger partial charge is 0.263 e. The third-order valence-corrected chi connectivity index (χ3v) is 4.20. The molecule has 0 saturated heterocycles. The molecule has 2 aromatic carbocycles. The minimum Gasteiger partial charge on any atom is -0.487 e. The topological polar surface area (TPSA) is 72.2 Å². The molecule has 0 aliphatic carbocycles. The average molecular weight is 356 g/mol. The lowest BCUT2D eigenvalue weighted by Gasteiger charge is -2.06. The zero-order chi connectivity index (χ0) is 18.6. The van der Waals surface area contributed by atoms with Crippen LogP contribution in [0.3, 0.4) is 0 Å².